The van der Waals surface area contributed by atoms with Crippen LogP contribution in [0.1, 0.15) is 6.42 Å². The Morgan fingerprint density at radius 2 is 1.83 bits per heavy atom. The zero-order valence-electron chi connectivity index (χ0n) is 12.0. The fourth-order valence-electron chi connectivity index (χ4n) is 1.89. The Labute approximate surface area is 142 Å². The molecule has 4 nitrogen and oxygen atoms in total. The third-order valence-corrected chi connectivity index (χ3v) is 5.34. The summed E-state index contributed by atoms with van der Waals surface area (Å²) in [5.41, 5.74) is 0. The molecule has 0 saturated carbocycles. The molecule has 1 rings (SSSR count). The minimum Gasteiger partial charge on any atom is -0.396 e. The molecule has 1 aromatic rings. The zero-order valence-corrected chi connectivity index (χ0v) is 14.3. The van der Waals surface area contributed by atoms with E-state index in [-0.39, 0.29) is 41.1 Å². The maximum atomic E-state index is 12.5. The molecule has 0 aromatic heterocycles. The molecule has 1 aromatic carbocycles. The summed E-state index contributed by atoms with van der Waals surface area (Å²) < 4.78 is 62.0. The van der Waals surface area contributed by atoms with Gasteiger partial charge in [-0.3, -0.25) is 4.90 Å². The lowest BCUT2D eigenvalue weighted by Gasteiger charge is -2.23. The number of sulfone groups is 1. The molecular weight excluding hydrogens is 378 g/mol. The van der Waals surface area contributed by atoms with E-state index >= 15 is 0 Å². The number of aliphatic hydroxyl groups is 1. The Bertz CT molecular complexity index is 623. The van der Waals surface area contributed by atoms with Crippen molar-refractivity contribution in [3.05, 3.63) is 28.2 Å². The van der Waals surface area contributed by atoms with Crippen molar-refractivity contribution in [1.29, 1.82) is 0 Å². The predicted molar refractivity (Wildman–Crippen MR) is 82.7 cm³/mol. The van der Waals surface area contributed by atoms with Gasteiger partial charge in [-0.2, -0.15) is 13.2 Å². The van der Waals surface area contributed by atoms with E-state index in [4.69, 9.17) is 28.3 Å². The first-order valence-electron chi connectivity index (χ1n) is 6.63. The fourth-order valence-corrected chi connectivity index (χ4v) is 3.99. The van der Waals surface area contributed by atoms with Crippen LogP contribution in [-0.2, 0) is 9.84 Å². The Hall–Kier alpha value is -0.540. The third-order valence-electron chi connectivity index (χ3n) is 2.94. The van der Waals surface area contributed by atoms with Crippen molar-refractivity contribution in [2.24, 2.45) is 0 Å². The normalized spacial score (nSPS) is 12.8. The van der Waals surface area contributed by atoms with Crippen molar-refractivity contribution in [1.82, 2.24) is 4.90 Å². The molecule has 0 spiro atoms. The predicted octanol–water partition coefficient (Wildman–Crippen LogP) is 3.01. The van der Waals surface area contributed by atoms with Gasteiger partial charge in [0.25, 0.3) is 0 Å². The van der Waals surface area contributed by atoms with E-state index in [1.807, 2.05) is 0 Å². The van der Waals surface area contributed by atoms with Gasteiger partial charge in [-0.15, -0.1) is 0 Å². The highest BCUT2D eigenvalue weighted by Crippen LogP contribution is 2.26. The van der Waals surface area contributed by atoms with E-state index in [1.165, 1.54) is 18.2 Å². The van der Waals surface area contributed by atoms with Crippen LogP contribution in [0.4, 0.5) is 13.2 Å². The SMILES string of the molecule is O=S(=O)(CCN(CCCO)CC(F)(F)F)c1cc(Cl)ccc1Cl. The second kappa shape index (κ2) is 8.53. The lowest BCUT2D eigenvalue weighted by Crippen LogP contribution is -2.38. The highest BCUT2D eigenvalue weighted by molar-refractivity contribution is 7.91. The average Bonchev–Trinajstić information content (AvgIpc) is 2.43. The molecule has 0 atom stereocenters. The van der Waals surface area contributed by atoms with Crippen LogP contribution in [0.5, 0.6) is 0 Å². The highest BCUT2D eigenvalue weighted by atomic mass is 35.5. The van der Waals surface area contributed by atoms with Crippen molar-refractivity contribution in [3.8, 4) is 0 Å². The van der Waals surface area contributed by atoms with Gasteiger partial charge < -0.3 is 5.11 Å². The molecule has 0 fully saturated rings. The first-order chi connectivity index (χ1) is 10.5. The first kappa shape index (κ1) is 20.5. The first-order valence-corrected chi connectivity index (χ1v) is 9.04. The van der Waals surface area contributed by atoms with E-state index < -0.39 is 28.3 Å². The molecule has 0 amide bonds. The van der Waals surface area contributed by atoms with Crippen LogP contribution in [0.3, 0.4) is 0 Å². The largest absolute Gasteiger partial charge is 0.401 e. The van der Waals surface area contributed by atoms with Crippen LogP contribution < -0.4 is 0 Å². The lowest BCUT2D eigenvalue weighted by atomic mass is 10.4. The number of alkyl halides is 3. The summed E-state index contributed by atoms with van der Waals surface area (Å²) in [6.07, 6.45) is -4.33. The van der Waals surface area contributed by atoms with Gasteiger partial charge in [0.1, 0.15) is 0 Å². The Morgan fingerprint density at radius 1 is 1.17 bits per heavy atom. The van der Waals surface area contributed by atoms with Gasteiger partial charge in [0.2, 0.25) is 0 Å². The van der Waals surface area contributed by atoms with Crippen LogP contribution in [0.15, 0.2) is 23.1 Å². The Balaban J connectivity index is 2.84. The van der Waals surface area contributed by atoms with Gasteiger partial charge in [0.15, 0.2) is 9.84 Å². The van der Waals surface area contributed by atoms with Gasteiger partial charge in [-0.1, -0.05) is 23.2 Å². The van der Waals surface area contributed by atoms with E-state index in [0.29, 0.717) is 0 Å². The second-order valence-electron chi connectivity index (χ2n) is 4.86. The van der Waals surface area contributed by atoms with Crippen molar-refractivity contribution in [2.75, 3.05) is 32.0 Å². The van der Waals surface area contributed by atoms with Gasteiger partial charge in [-0.25, -0.2) is 8.42 Å². The molecule has 0 unspecified atom stereocenters. The Morgan fingerprint density at radius 3 is 2.39 bits per heavy atom. The molecule has 0 aliphatic heterocycles. The average molecular weight is 394 g/mol. The molecule has 0 radical (unpaired) electrons. The molecule has 132 valence electrons. The molecule has 10 heteroatoms. The molecule has 23 heavy (non-hydrogen) atoms. The van der Waals surface area contributed by atoms with Crippen LogP contribution in [0.25, 0.3) is 0 Å². The van der Waals surface area contributed by atoms with Crippen molar-refractivity contribution in [3.63, 3.8) is 0 Å². The standard InChI is InChI=1S/C13H16Cl2F3NO3S/c14-10-2-3-11(15)12(8-10)23(21,22)7-5-19(4-1-6-20)9-13(16,17)18/h2-3,8,20H,1,4-7,9H2. The summed E-state index contributed by atoms with van der Waals surface area (Å²) in [5, 5.41) is 8.86. The van der Waals surface area contributed by atoms with Crippen molar-refractivity contribution >= 4 is 33.0 Å². The van der Waals surface area contributed by atoms with Crippen LogP contribution in [-0.4, -0.2) is 56.6 Å². The number of hydrogen-bond acceptors (Lipinski definition) is 4. The number of rotatable bonds is 8. The van der Waals surface area contributed by atoms with Crippen molar-refractivity contribution < 1.29 is 26.7 Å². The number of benzene rings is 1. The monoisotopic (exact) mass is 393 g/mol. The quantitative estimate of drug-likeness (QED) is 0.737. The molecular formula is C13H16Cl2F3NO3S. The van der Waals surface area contributed by atoms with Gasteiger partial charge >= 0.3 is 6.18 Å². The van der Waals surface area contributed by atoms with Gasteiger partial charge in [0.05, 0.1) is 22.2 Å². The smallest absolute Gasteiger partial charge is 0.396 e. The van der Waals surface area contributed by atoms with Crippen molar-refractivity contribution in [2.45, 2.75) is 17.5 Å². The maximum absolute atomic E-state index is 12.5. The van der Waals surface area contributed by atoms with E-state index in [0.717, 1.165) is 4.90 Å². The topological polar surface area (TPSA) is 57.6 Å². The third kappa shape index (κ3) is 7.26. The Kier molecular flexibility index (Phi) is 7.60. The summed E-state index contributed by atoms with van der Waals surface area (Å²) in [7, 11) is -3.88. The zero-order chi connectivity index (χ0) is 17.7. The second-order valence-corrected chi connectivity index (χ2v) is 7.78. The van der Waals surface area contributed by atoms with Gasteiger partial charge in [0, 0.05) is 24.7 Å². The number of hydrogen-bond donors (Lipinski definition) is 1. The summed E-state index contributed by atoms with van der Waals surface area (Å²) in [6.45, 7) is -1.91. The van der Waals surface area contributed by atoms with Crippen LogP contribution >= 0.6 is 23.2 Å². The van der Waals surface area contributed by atoms with E-state index in [9.17, 15) is 21.6 Å². The summed E-state index contributed by atoms with van der Waals surface area (Å²) in [5.74, 6) is -0.533. The minimum absolute atomic E-state index is 0.0351. The van der Waals surface area contributed by atoms with Crippen LogP contribution in [0, 0.1) is 0 Å². The molecule has 0 aliphatic carbocycles. The van der Waals surface area contributed by atoms with E-state index in [1.54, 1.807) is 0 Å². The number of nitrogens with zero attached hydrogens (tertiary/aromatic N) is 1. The number of aliphatic hydroxyl groups excluding tert-OH is 1. The van der Waals surface area contributed by atoms with E-state index in [2.05, 4.69) is 0 Å². The summed E-state index contributed by atoms with van der Waals surface area (Å²) in [6, 6.07) is 3.90. The molecule has 1 N–H and O–H groups in total. The fraction of sp³-hybridized carbons (Fsp3) is 0.538. The minimum atomic E-state index is -4.45. The molecule has 0 saturated heterocycles. The molecule has 0 bridgehead atoms. The highest BCUT2D eigenvalue weighted by Gasteiger charge is 2.31. The lowest BCUT2D eigenvalue weighted by molar-refractivity contribution is -0.145. The summed E-state index contributed by atoms with van der Waals surface area (Å²) in [4.78, 5) is 0.729. The van der Waals surface area contributed by atoms with Gasteiger partial charge in [-0.05, 0) is 24.6 Å². The summed E-state index contributed by atoms with van der Waals surface area (Å²) >= 11 is 11.6. The maximum Gasteiger partial charge on any atom is 0.401 e. The number of halogens is 5. The molecule has 0 aliphatic rings. The molecule has 0 heterocycles. The van der Waals surface area contributed by atoms with Crippen LogP contribution in [0.2, 0.25) is 10.0 Å².